The first-order chi connectivity index (χ1) is 10.4. The van der Waals surface area contributed by atoms with Crippen molar-refractivity contribution in [2.24, 2.45) is 23.7 Å². The van der Waals surface area contributed by atoms with Crippen molar-refractivity contribution in [1.82, 2.24) is 4.98 Å². The third-order valence-electron chi connectivity index (χ3n) is 6.20. The van der Waals surface area contributed by atoms with Gasteiger partial charge < -0.3 is 5.32 Å². The van der Waals surface area contributed by atoms with Crippen LogP contribution < -0.4 is 5.32 Å². The summed E-state index contributed by atoms with van der Waals surface area (Å²) in [6.45, 7) is 0. The maximum Gasteiger partial charge on any atom is 0.0722 e. The molecule has 4 bridgehead atoms. The molecule has 2 aromatic rings. The van der Waals surface area contributed by atoms with E-state index in [1.165, 1.54) is 43.2 Å². The number of nitrogens with one attached hydrogen (secondary N) is 1. The number of hydrogen-bond donors (Lipinski definition) is 1. The average Bonchev–Trinajstić information content (AvgIpc) is 2.50. The van der Waals surface area contributed by atoms with Gasteiger partial charge in [-0.1, -0.05) is 18.2 Å². The van der Waals surface area contributed by atoms with E-state index in [9.17, 15) is 0 Å². The monoisotopic (exact) mass is 278 g/mol. The first kappa shape index (κ1) is 12.0. The van der Waals surface area contributed by atoms with E-state index < -0.39 is 0 Å². The molecule has 0 amide bonds. The Morgan fingerprint density at radius 2 is 1.57 bits per heavy atom. The van der Waals surface area contributed by atoms with E-state index in [1.807, 2.05) is 6.20 Å². The summed E-state index contributed by atoms with van der Waals surface area (Å²) in [6.07, 6.45) is 9.33. The molecule has 4 fully saturated rings. The van der Waals surface area contributed by atoms with Crippen LogP contribution >= 0.6 is 0 Å². The Bertz CT molecular complexity index is 645. The first-order valence-corrected chi connectivity index (χ1v) is 8.47. The Morgan fingerprint density at radius 1 is 0.857 bits per heavy atom. The summed E-state index contributed by atoms with van der Waals surface area (Å²) >= 11 is 0. The number of benzene rings is 1. The Balaban J connectivity index is 1.49. The number of nitrogens with zero attached hydrogens (tertiary/aromatic N) is 1. The second-order valence-electron chi connectivity index (χ2n) is 7.48. The van der Waals surface area contributed by atoms with Crippen molar-refractivity contribution >= 4 is 16.6 Å². The number of rotatable bonds is 2. The zero-order valence-corrected chi connectivity index (χ0v) is 12.3. The maximum atomic E-state index is 4.49. The average molecular weight is 278 g/mol. The van der Waals surface area contributed by atoms with Gasteiger partial charge in [0.25, 0.3) is 0 Å². The molecule has 6 rings (SSSR count). The lowest BCUT2D eigenvalue weighted by Gasteiger charge is -2.54. The zero-order chi connectivity index (χ0) is 13.8. The molecular weight excluding hydrogens is 256 g/mol. The molecule has 4 aliphatic carbocycles. The van der Waals surface area contributed by atoms with Gasteiger partial charge in [0.15, 0.2) is 0 Å². The van der Waals surface area contributed by atoms with Gasteiger partial charge >= 0.3 is 0 Å². The van der Waals surface area contributed by atoms with E-state index in [0.717, 1.165) is 29.2 Å². The van der Waals surface area contributed by atoms with Crippen LogP contribution in [0.3, 0.4) is 0 Å². The van der Waals surface area contributed by atoms with Gasteiger partial charge in [0.05, 0.1) is 5.52 Å². The minimum Gasteiger partial charge on any atom is -0.381 e. The van der Waals surface area contributed by atoms with Crippen LogP contribution in [0, 0.1) is 23.7 Å². The maximum absolute atomic E-state index is 4.49. The molecule has 1 N–H and O–H groups in total. The van der Waals surface area contributed by atoms with E-state index in [2.05, 4.69) is 40.6 Å². The SMILES string of the molecule is c1ccc2c(NC3C4CC5CC(C4)CC3C5)ccnc2c1. The van der Waals surface area contributed by atoms with Crippen molar-refractivity contribution in [1.29, 1.82) is 0 Å². The van der Waals surface area contributed by atoms with Crippen LogP contribution in [0.5, 0.6) is 0 Å². The fraction of sp³-hybridized carbons (Fsp3) is 0.526. The standard InChI is InChI=1S/C19H22N2/c1-2-4-17-16(3-1)18(5-6-20-17)21-19-14-8-12-7-13(10-14)11-15(19)9-12/h1-6,12-15,19H,7-11H2,(H,20,21). The highest BCUT2D eigenvalue weighted by molar-refractivity contribution is 5.91. The van der Waals surface area contributed by atoms with Gasteiger partial charge in [-0.25, -0.2) is 0 Å². The third kappa shape index (κ3) is 1.88. The van der Waals surface area contributed by atoms with Crippen LogP contribution in [0.25, 0.3) is 10.9 Å². The highest BCUT2D eigenvalue weighted by Gasteiger charge is 2.48. The minimum absolute atomic E-state index is 0.698. The molecule has 1 aromatic heterocycles. The molecule has 4 saturated carbocycles. The summed E-state index contributed by atoms with van der Waals surface area (Å²) in [7, 11) is 0. The second kappa shape index (κ2) is 4.46. The summed E-state index contributed by atoms with van der Waals surface area (Å²) in [5.41, 5.74) is 2.39. The minimum atomic E-state index is 0.698. The van der Waals surface area contributed by atoms with Gasteiger partial charge in [-0.05, 0) is 67.9 Å². The smallest absolute Gasteiger partial charge is 0.0722 e. The van der Waals surface area contributed by atoms with E-state index in [0.29, 0.717) is 6.04 Å². The van der Waals surface area contributed by atoms with Crippen LogP contribution in [0.2, 0.25) is 0 Å². The number of para-hydroxylation sites is 1. The summed E-state index contributed by atoms with van der Waals surface area (Å²) in [6, 6.07) is 11.4. The number of fused-ring (bicyclic) bond motifs is 1. The summed E-state index contributed by atoms with van der Waals surface area (Å²) < 4.78 is 0. The van der Waals surface area contributed by atoms with Gasteiger partial charge in [-0.3, -0.25) is 4.98 Å². The highest BCUT2D eigenvalue weighted by Crippen LogP contribution is 2.54. The van der Waals surface area contributed by atoms with Gasteiger partial charge in [0.1, 0.15) is 0 Å². The zero-order valence-electron chi connectivity index (χ0n) is 12.3. The lowest BCUT2D eigenvalue weighted by Crippen LogP contribution is -2.51. The summed E-state index contributed by atoms with van der Waals surface area (Å²) in [5, 5.41) is 5.20. The molecule has 0 radical (unpaired) electrons. The van der Waals surface area contributed by atoms with Crippen molar-refractivity contribution in [2.75, 3.05) is 5.32 Å². The number of anilines is 1. The Hall–Kier alpha value is -1.57. The van der Waals surface area contributed by atoms with Crippen molar-refractivity contribution in [2.45, 2.75) is 38.1 Å². The van der Waals surface area contributed by atoms with Crippen LogP contribution in [-0.2, 0) is 0 Å². The van der Waals surface area contributed by atoms with Gasteiger partial charge in [0.2, 0.25) is 0 Å². The van der Waals surface area contributed by atoms with E-state index >= 15 is 0 Å². The second-order valence-corrected chi connectivity index (χ2v) is 7.48. The fourth-order valence-electron chi connectivity index (χ4n) is 5.56. The Morgan fingerprint density at radius 3 is 2.33 bits per heavy atom. The van der Waals surface area contributed by atoms with Crippen LogP contribution in [-0.4, -0.2) is 11.0 Å². The first-order valence-electron chi connectivity index (χ1n) is 8.47. The van der Waals surface area contributed by atoms with E-state index in [1.54, 1.807) is 0 Å². The number of hydrogen-bond acceptors (Lipinski definition) is 2. The molecule has 4 aliphatic rings. The molecule has 1 heterocycles. The molecule has 0 spiro atoms. The lowest BCUT2D eigenvalue weighted by atomic mass is 9.54. The van der Waals surface area contributed by atoms with Gasteiger partial charge in [0, 0.05) is 23.3 Å². The normalized spacial score (nSPS) is 37.0. The van der Waals surface area contributed by atoms with Crippen LogP contribution in [0.1, 0.15) is 32.1 Å². The lowest BCUT2D eigenvalue weighted by molar-refractivity contribution is 0.00758. The predicted octanol–water partition coefficient (Wildman–Crippen LogP) is 4.47. The molecule has 21 heavy (non-hydrogen) atoms. The van der Waals surface area contributed by atoms with Gasteiger partial charge in [-0.2, -0.15) is 0 Å². The Labute approximate surface area is 126 Å². The van der Waals surface area contributed by atoms with E-state index in [-0.39, 0.29) is 0 Å². The van der Waals surface area contributed by atoms with Crippen molar-refractivity contribution in [3.8, 4) is 0 Å². The Kier molecular flexibility index (Phi) is 2.55. The molecular formula is C19H22N2. The molecule has 0 unspecified atom stereocenters. The molecule has 0 aliphatic heterocycles. The topological polar surface area (TPSA) is 24.9 Å². The molecule has 2 heteroatoms. The quantitative estimate of drug-likeness (QED) is 0.876. The summed E-state index contributed by atoms with van der Waals surface area (Å²) in [4.78, 5) is 4.49. The predicted molar refractivity (Wildman–Crippen MR) is 86.2 cm³/mol. The molecule has 108 valence electrons. The number of pyridine rings is 1. The van der Waals surface area contributed by atoms with Crippen LogP contribution in [0.15, 0.2) is 36.5 Å². The third-order valence-corrected chi connectivity index (χ3v) is 6.20. The van der Waals surface area contributed by atoms with Crippen LogP contribution in [0.4, 0.5) is 5.69 Å². The molecule has 1 aromatic carbocycles. The molecule has 0 saturated heterocycles. The van der Waals surface area contributed by atoms with Crippen molar-refractivity contribution in [3.63, 3.8) is 0 Å². The molecule has 2 nitrogen and oxygen atoms in total. The highest BCUT2D eigenvalue weighted by atomic mass is 15.0. The van der Waals surface area contributed by atoms with Crippen molar-refractivity contribution in [3.05, 3.63) is 36.5 Å². The molecule has 0 atom stereocenters. The van der Waals surface area contributed by atoms with Crippen molar-refractivity contribution < 1.29 is 0 Å². The fourth-order valence-corrected chi connectivity index (χ4v) is 5.56. The largest absolute Gasteiger partial charge is 0.381 e. The van der Waals surface area contributed by atoms with E-state index in [4.69, 9.17) is 0 Å². The number of aromatic nitrogens is 1. The summed E-state index contributed by atoms with van der Waals surface area (Å²) in [5.74, 6) is 3.90. The van der Waals surface area contributed by atoms with Gasteiger partial charge in [-0.15, -0.1) is 0 Å².